The van der Waals surface area contributed by atoms with Gasteiger partial charge in [0.1, 0.15) is 11.5 Å². The molecule has 3 heteroatoms. The molecule has 4 rings (SSSR count). The Bertz CT molecular complexity index is 1070. The van der Waals surface area contributed by atoms with E-state index in [2.05, 4.69) is 88.7 Å². The summed E-state index contributed by atoms with van der Waals surface area (Å²) in [6.45, 7) is 0. The van der Waals surface area contributed by atoms with Crippen molar-refractivity contribution in [3.05, 3.63) is 118 Å². The van der Waals surface area contributed by atoms with Crippen LogP contribution in [0.1, 0.15) is 29.0 Å². The number of methoxy groups -OCH3 is 2. The van der Waals surface area contributed by atoms with E-state index in [4.69, 9.17) is 9.47 Å². The number of aryl methyl sites for hydroxylation is 1. The summed E-state index contributed by atoms with van der Waals surface area (Å²) >= 11 is 3.50. The zero-order valence-corrected chi connectivity index (χ0v) is 20.0. The van der Waals surface area contributed by atoms with Gasteiger partial charge < -0.3 is 9.47 Å². The van der Waals surface area contributed by atoms with E-state index in [-0.39, 0.29) is 0 Å². The Hall–Kier alpha value is -3.04. The fraction of sp³-hybridized carbons (Fsp3) is 0.172. The van der Waals surface area contributed by atoms with E-state index >= 15 is 0 Å². The molecule has 0 aromatic heterocycles. The van der Waals surface area contributed by atoms with Crippen molar-refractivity contribution in [2.24, 2.45) is 0 Å². The molecular weight excluding hydrogens is 460 g/mol. The van der Waals surface area contributed by atoms with Gasteiger partial charge in [0.05, 0.1) is 14.2 Å². The first kappa shape index (κ1) is 22.2. The van der Waals surface area contributed by atoms with Crippen molar-refractivity contribution in [1.82, 2.24) is 0 Å². The van der Waals surface area contributed by atoms with Gasteiger partial charge in [-0.15, -0.1) is 0 Å². The molecule has 0 N–H and O–H groups in total. The van der Waals surface area contributed by atoms with Crippen LogP contribution in [0.15, 0.2) is 102 Å². The normalized spacial score (nSPS) is 10.9. The van der Waals surface area contributed by atoms with Crippen LogP contribution in [0.25, 0.3) is 11.1 Å². The van der Waals surface area contributed by atoms with Gasteiger partial charge in [-0.2, -0.15) is 0 Å². The smallest absolute Gasteiger partial charge is 0.118 e. The minimum Gasteiger partial charge on any atom is -0.497 e. The molecular formula is C29H27BrO2. The van der Waals surface area contributed by atoms with E-state index in [1.165, 1.54) is 27.8 Å². The quantitative estimate of drug-likeness (QED) is 0.252. The van der Waals surface area contributed by atoms with Crippen LogP contribution >= 0.6 is 15.9 Å². The predicted molar refractivity (Wildman–Crippen MR) is 136 cm³/mol. The zero-order chi connectivity index (χ0) is 22.3. The molecule has 4 aromatic rings. The van der Waals surface area contributed by atoms with E-state index in [0.717, 1.165) is 28.8 Å². The van der Waals surface area contributed by atoms with Crippen molar-refractivity contribution in [2.75, 3.05) is 14.2 Å². The lowest BCUT2D eigenvalue weighted by Crippen LogP contribution is -2.03. The molecule has 32 heavy (non-hydrogen) atoms. The first-order valence-corrected chi connectivity index (χ1v) is 11.6. The Balaban J connectivity index is 1.53. The predicted octanol–water partition coefficient (Wildman–Crippen LogP) is 7.90. The summed E-state index contributed by atoms with van der Waals surface area (Å²) in [4.78, 5) is 0. The minimum absolute atomic E-state index is 0.304. The van der Waals surface area contributed by atoms with Crippen molar-refractivity contribution >= 4 is 15.9 Å². The Morgan fingerprint density at radius 2 is 1.03 bits per heavy atom. The minimum atomic E-state index is 0.304. The molecule has 162 valence electrons. The summed E-state index contributed by atoms with van der Waals surface area (Å²) in [5, 5.41) is 0. The van der Waals surface area contributed by atoms with E-state index in [1.54, 1.807) is 14.2 Å². The van der Waals surface area contributed by atoms with Gasteiger partial charge in [-0.25, -0.2) is 0 Å². The van der Waals surface area contributed by atoms with Gasteiger partial charge in [-0.1, -0.05) is 76.6 Å². The number of rotatable bonds is 8. The Morgan fingerprint density at radius 3 is 1.47 bits per heavy atom. The zero-order valence-electron chi connectivity index (χ0n) is 18.4. The van der Waals surface area contributed by atoms with Crippen LogP contribution < -0.4 is 9.47 Å². The monoisotopic (exact) mass is 486 g/mol. The molecule has 0 spiro atoms. The first-order chi connectivity index (χ1) is 15.7. The number of ether oxygens (including phenoxy) is 2. The van der Waals surface area contributed by atoms with Crippen LogP contribution in [-0.2, 0) is 6.42 Å². The van der Waals surface area contributed by atoms with E-state index < -0.39 is 0 Å². The largest absolute Gasteiger partial charge is 0.497 e. The molecule has 0 amide bonds. The summed E-state index contributed by atoms with van der Waals surface area (Å²) in [7, 11) is 3.40. The maximum Gasteiger partial charge on any atom is 0.118 e. The van der Waals surface area contributed by atoms with Crippen LogP contribution in [0.3, 0.4) is 0 Å². The highest BCUT2D eigenvalue weighted by atomic mass is 79.9. The molecule has 0 heterocycles. The van der Waals surface area contributed by atoms with Crippen LogP contribution in [0.4, 0.5) is 0 Å². The number of hydrogen-bond acceptors (Lipinski definition) is 2. The average molecular weight is 487 g/mol. The Labute approximate surface area is 199 Å². The third-order valence-corrected chi connectivity index (χ3v) is 6.42. The van der Waals surface area contributed by atoms with Crippen LogP contribution in [0, 0.1) is 0 Å². The topological polar surface area (TPSA) is 18.5 Å². The highest BCUT2D eigenvalue weighted by molar-refractivity contribution is 9.10. The standard InChI is InChI=1S/C29H27BrO2/c1-31-27-16-10-24(11-17-27)29(25-12-18-28(32-2)19-13-25)20-5-21-3-6-22(7-4-21)23-8-14-26(30)15-9-23/h3-4,6-19,29H,5,20H2,1-2H3. The van der Waals surface area contributed by atoms with Gasteiger partial charge in [0, 0.05) is 10.4 Å². The SMILES string of the molecule is COc1ccc(C(CCc2ccc(-c3ccc(Br)cc3)cc2)c2ccc(OC)cc2)cc1. The number of benzene rings is 4. The molecule has 0 aliphatic heterocycles. The van der Waals surface area contributed by atoms with Gasteiger partial charge in [0.2, 0.25) is 0 Å². The van der Waals surface area contributed by atoms with Gasteiger partial charge in [-0.05, 0) is 77.1 Å². The van der Waals surface area contributed by atoms with E-state index in [9.17, 15) is 0 Å². The van der Waals surface area contributed by atoms with Crippen LogP contribution in [-0.4, -0.2) is 14.2 Å². The second-order valence-electron chi connectivity index (χ2n) is 7.84. The second kappa shape index (κ2) is 10.5. The lowest BCUT2D eigenvalue weighted by molar-refractivity contribution is 0.414. The van der Waals surface area contributed by atoms with Gasteiger partial charge in [-0.3, -0.25) is 0 Å². The summed E-state index contributed by atoms with van der Waals surface area (Å²) < 4.78 is 11.8. The molecule has 0 fully saturated rings. The molecule has 0 atom stereocenters. The van der Waals surface area contributed by atoms with Crippen molar-refractivity contribution in [1.29, 1.82) is 0 Å². The van der Waals surface area contributed by atoms with Crippen molar-refractivity contribution in [3.8, 4) is 22.6 Å². The van der Waals surface area contributed by atoms with Crippen molar-refractivity contribution < 1.29 is 9.47 Å². The molecule has 0 saturated heterocycles. The van der Waals surface area contributed by atoms with Crippen LogP contribution in [0.5, 0.6) is 11.5 Å². The highest BCUT2D eigenvalue weighted by Crippen LogP contribution is 2.32. The Morgan fingerprint density at radius 1 is 0.594 bits per heavy atom. The average Bonchev–Trinajstić information content (AvgIpc) is 2.86. The van der Waals surface area contributed by atoms with Crippen LogP contribution in [0.2, 0.25) is 0 Å². The fourth-order valence-electron chi connectivity index (χ4n) is 4.02. The molecule has 2 nitrogen and oxygen atoms in total. The summed E-state index contributed by atoms with van der Waals surface area (Å²) in [6, 6.07) is 34.2. The summed E-state index contributed by atoms with van der Waals surface area (Å²) in [6.07, 6.45) is 2.03. The van der Waals surface area contributed by atoms with Crippen molar-refractivity contribution in [3.63, 3.8) is 0 Å². The third-order valence-electron chi connectivity index (χ3n) is 5.89. The second-order valence-corrected chi connectivity index (χ2v) is 8.76. The van der Waals surface area contributed by atoms with E-state index in [1.807, 2.05) is 24.3 Å². The highest BCUT2D eigenvalue weighted by Gasteiger charge is 2.15. The first-order valence-electron chi connectivity index (χ1n) is 10.8. The van der Waals surface area contributed by atoms with Crippen molar-refractivity contribution in [2.45, 2.75) is 18.8 Å². The van der Waals surface area contributed by atoms with Gasteiger partial charge >= 0.3 is 0 Å². The maximum absolute atomic E-state index is 5.35. The summed E-state index contributed by atoms with van der Waals surface area (Å²) in [5.74, 6) is 2.06. The fourth-order valence-corrected chi connectivity index (χ4v) is 4.28. The molecule has 0 saturated carbocycles. The Kier molecular flexibility index (Phi) is 7.28. The molecule has 0 unspecified atom stereocenters. The molecule has 0 radical (unpaired) electrons. The lowest BCUT2D eigenvalue weighted by Gasteiger charge is -2.19. The molecule has 4 aromatic carbocycles. The third kappa shape index (κ3) is 5.41. The van der Waals surface area contributed by atoms with Gasteiger partial charge in [0.15, 0.2) is 0 Å². The van der Waals surface area contributed by atoms with Gasteiger partial charge in [0.25, 0.3) is 0 Å². The number of hydrogen-bond donors (Lipinski definition) is 0. The van der Waals surface area contributed by atoms with E-state index in [0.29, 0.717) is 5.92 Å². The lowest BCUT2D eigenvalue weighted by atomic mass is 9.86. The maximum atomic E-state index is 5.35. The molecule has 0 aliphatic carbocycles. The number of halogens is 1. The molecule has 0 bridgehead atoms. The summed E-state index contributed by atoms with van der Waals surface area (Å²) in [5.41, 5.74) is 6.40. The molecule has 0 aliphatic rings.